The molecule has 3 heterocycles. The Morgan fingerprint density at radius 1 is 1.19 bits per heavy atom. The van der Waals surface area contributed by atoms with E-state index in [4.69, 9.17) is 5.73 Å². The minimum atomic E-state index is -4.50. The van der Waals surface area contributed by atoms with Gasteiger partial charge in [0.2, 0.25) is 0 Å². The number of hydrogen-bond donors (Lipinski definition) is 1. The molecule has 0 saturated heterocycles. The molecule has 2 N–H and O–H groups in total. The van der Waals surface area contributed by atoms with Gasteiger partial charge in [-0.05, 0) is 24.6 Å². The van der Waals surface area contributed by atoms with E-state index in [9.17, 15) is 18.0 Å². The molecule has 0 saturated carbocycles. The van der Waals surface area contributed by atoms with Crippen LogP contribution < -0.4 is 5.73 Å². The summed E-state index contributed by atoms with van der Waals surface area (Å²) in [4.78, 5) is 24.7. The summed E-state index contributed by atoms with van der Waals surface area (Å²) >= 11 is 1.32. The molecule has 0 aliphatic rings. The third-order valence-corrected chi connectivity index (χ3v) is 5.70. The zero-order chi connectivity index (χ0) is 22.2. The number of nitrogens with two attached hydrogens (primary N) is 1. The topological polar surface area (TPSA) is 86.7 Å². The molecule has 4 rings (SSSR count). The molecule has 10 heteroatoms. The number of primary amides is 1. The van der Waals surface area contributed by atoms with Gasteiger partial charge in [-0.3, -0.25) is 14.8 Å². The SMILES string of the molecule is Cc1c(C(N)=O)cc(-c2csc(-c3cnccn3)n2)n1Cc1ccccc1C(F)(F)F. The van der Waals surface area contributed by atoms with Gasteiger partial charge >= 0.3 is 6.18 Å². The van der Waals surface area contributed by atoms with E-state index >= 15 is 0 Å². The van der Waals surface area contributed by atoms with Crippen molar-refractivity contribution in [3.05, 3.63) is 76.7 Å². The van der Waals surface area contributed by atoms with E-state index in [1.807, 2.05) is 0 Å². The van der Waals surface area contributed by atoms with E-state index in [-0.39, 0.29) is 17.7 Å². The van der Waals surface area contributed by atoms with E-state index in [1.165, 1.54) is 23.5 Å². The molecule has 1 amide bonds. The number of carbonyl (C=O) groups is 1. The lowest BCUT2D eigenvalue weighted by Gasteiger charge is -2.16. The fourth-order valence-corrected chi connectivity index (χ4v) is 4.11. The molecule has 0 radical (unpaired) electrons. The van der Waals surface area contributed by atoms with Crippen LogP contribution in [0.4, 0.5) is 13.2 Å². The molecule has 6 nitrogen and oxygen atoms in total. The number of rotatable bonds is 5. The van der Waals surface area contributed by atoms with Crippen molar-refractivity contribution in [3.8, 4) is 22.1 Å². The molecular weight excluding hydrogens is 427 g/mol. The summed E-state index contributed by atoms with van der Waals surface area (Å²) in [6.07, 6.45) is 0.164. The Hall–Kier alpha value is -3.53. The monoisotopic (exact) mass is 443 g/mol. The summed E-state index contributed by atoms with van der Waals surface area (Å²) in [6.45, 7) is 1.55. The van der Waals surface area contributed by atoms with Crippen LogP contribution in [-0.4, -0.2) is 25.4 Å². The number of alkyl halides is 3. The molecule has 4 aromatic rings. The predicted molar refractivity (Wildman–Crippen MR) is 110 cm³/mol. The lowest BCUT2D eigenvalue weighted by molar-refractivity contribution is -0.138. The van der Waals surface area contributed by atoms with Gasteiger partial charge in [-0.2, -0.15) is 13.2 Å². The van der Waals surface area contributed by atoms with E-state index in [0.717, 1.165) is 6.07 Å². The zero-order valence-electron chi connectivity index (χ0n) is 16.2. The minimum absolute atomic E-state index is 0.0790. The Bertz CT molecular complexity index is 1250. The smallest absolute Gasteiger partial charge is 0.366 e. The van der Waals surface area contributed by atoms with Gasteiger partial charge in [-0.1, -0.05) is 18.2 Å². The number of thiazole rings is 1. The van der Waals surface area contributed by atoms with Crippen molar-refractivity contribution in [2.75, 3.05) is 0 Å². The van der Waals surface area contributed by atoms with E-state index < -0.39 is 17.6 Å². The van der Waals surface area contributed by atoms with Crippen LogP contribution in [0, 0.1) is 6.92 Å². The van der Waals surface area contributed by atoms with E-state index in [1.54, 1.807) is 47.6 Å². The Balaban J connectivity index is 1.82. The van der Waals surface area contributed by atoms with Crippen molar-refractivity contribution < 1.29 is 18.0 Å². The van der Waals surface area contributed by atoms with Gasteiger partial charge < -0.3 is 10.3 Å². The van der Waals surface area contributed by atoms with Crippen LogP contribution in [0.5, 0.6) is 0 Å². The Morgan fingerprint density at radius 2 is 1.97 bits per heavy atom. The third-order valence-electron chi connectivity index (χ3n) is 4.83. The largest absolute Gasteiger partial charge is 0.416 e. The second-order valence-corrected chi connectivity index (χ2v) is 7.62. The van der Waals surface area contributed by atoms with Crippen molar-refractivity contribution in [3.63, 3.8) is 0 Å². The van der Waals surface area contributed by atoms with Gasteiger partial charge in [0.15, 0.2) is 0 Å². The zero-order valence-corrected chi connectivity index (χ0v) is 17.0. The van der Waals surface area contributed by atoms with Crippen molar-refractivity contribution in [1.29, 1.82) is 0 Å². The molecule has 31 heavy (non-hydrogen) atoms. The van der Waals surface area contributed by atoms with Crippen molar-refractivity contribution in [1.82, 2.24) is 19.5 Å². The van der Waals surface area contributed by atoms with Crippen LogP contribution in [-0.2, 0) is 12.7 Å². The minimum Gasteiger partial charge on any atom is -0.366 e. The van der Waals surface area contributed by atoms with Crippen LogP contribution in [0.25, 0.3) is 22.1 Å². The Labute approximate surface area is 179 Å². The van der Waals surface area contributed by atoms with Crippen molar-refractivity contribution in [2.45, 2.75) is 19.6 Å². The van der Waals surface area contributed by atoms with Crippen LogP contribution in [0.15, 0.2) is 54.3 Å². The second-order valence-electron chi connectivity index (χ2n) is 6.76. The fraction of sp³-hybridized carbons (Fsp3) is 0.143. The maximum absolute atomic E-state index is 13.5. The van der Waals surface area contributed by atoms with Crippen molar-refractivity contribution >= 4 is 17.2 Å². The average molecular weight is 443 g/mol. The van der Waals surface area contributed by atoms with E-state index in [0.29, 0.717) is 27.8 Å². The number of aromatic nitrogens is 4. The molecule has 0 spiro atoms. The molecular formula is C21H16F3N5OS. The van der Waals surface area contributed by atoms with Crippen LogP contribution in [0.2, 0.25) is 0 Å². The lowest BCUT2D eigenvalue weighted by Crippen LogP contribution is -2.15. The number of carbonyl (C=O) groups excluding carboxylic acids is 1. The molecule has 0 unspecified atom stereocenters. The molecule has 0 atom stereocenters. The number of hydrogen-bond acceptors (Lipinski definition) is 5. The standard InChI is InChI=1S/C21H16F3N5OS/c1-12-14(19(25)30)8-18(17-11-31-20(28-17)16-9-26-6-7-27-16)29(12)10-13-4-2-3-5-15(13)21(22,23)24/h2-9,11H,10H2,1H3,(H2,25,30). The summed E-state index contributed by atoms with van der Waals surface area (Å²) in [5.74, 6) is -0.661. The lowest BCUT2D eigenvalue weighted by atomic mass is 10.1. The van der Waals surface area contributed by atoms with Gasteiger partial charge in [0.25, 0.3) is 5.91 Å². The fourth-order valence-electron chi connectivity index (χ4n) is 3.33. The Morgan fingerprint density at radius 3 is 2.65 bits per heavy atom. The average Bonchev–Trinajstić information content (AvgIpc) is 3.34. The molecule has 0 aliphatic carbocycles. The van der Waals surface area contributed by atoms with Crippen LogP contribution >= 0.6 is 11.3 Å². The molecule has 0 fully saturated rings. The first-order chi connectivity index (χ1) is 14.8. The number of amides is 1. The number of nitrogens with zero attached hydrogens (tertiary/aromatic N) is 4. The molecule has 158 valence electrons. The first-order valence-electron chi connectivity index (χ1n) is 9.13. The number of benzene rings is 1. The summed E-state index contributed by atoms with van der Waals surface area (Å²) in [5.41, 5.74) is 7.12. The van der Waals surface area contributed by atoms with Gasteiger partial charge in [0, 0.05) is 30.0 Å². The first-order valence-corrected chi connectivity index (χ1v) is 10.0. The number of halogens is 3. The highest BCUT2D eigenvalue weighted by Gasteiger charge is 2.33. The summed E-state index contributed by atoms with van der Waals surface area (Å²) < 4.78 is 42.1. The maximum Gasteiger partial charge on any atom is 0.416 e. The first kappa shape index (κ1) is 20.7. The van der Waals surface area contributed by atoms with Gasteiger partial charge in [-0.25, -0.2) is 4.98 Å². The summed E-state index contributed by atoms with van der Waals surface area (Å²) in [5, 5.41) is 2.36. The Kier molecular flexibility index (Phi) is 5.32. The molecule has 1 aromatic carbocycles. The summed E-state index contributed by atoms with van der Waals surface area (Å²) in [7, 11) is 0. The quantitative estimate of drug-likeness (QED) is 0.491. The van der Waals surface area contributed by atoms with Crippen molar-refractivity contribution in [2.24, 2.45) is 5.73 Å². The predicted octanol–water partition coefficient (Wildman–Crippen LogP) is 4.54. The molecule has 0 aliphatic heterocycles. The molecule has 0 bridgehead atoms. The van der Waals surface area contributed by atoms with Gasteiger partial charge in [-0.15, -0.1) is 11.3 Å². The highest BCUT2D eigenvalue weighted by Crippen LogP contribution is 2.35. The third kappa shape index (κ3) is 4.06. The normalized spacial score (nSPS) is 11.6. The maximum atomic E-state index is 13.5. The van der Waals surface area contributed by atoms with Crippen LogP contribution in [0.3, 0.4) is 0 Å². The van der Waals surface area contributed by atoms with E-state index in [2.05, 4.69) is 15.0 Å². The summed E-state index contributed by atoms with van der Waals surface area (Å²) in [6, 6.07) is 6.91. The van der Waals surface area contributed by atoms with Crippen LogP contribution in [0.1, 0.15) is 27.2 Å². The van der Waals surface area contributed by atoms with Gasteiger partial charge in [0.05, 0.1) is 28.7 Å². The second kappa shape index (κ2) is 7.95. The highest BCUT2D eigenvalue weighted by atomic mass is 32.1. The molecule has 3 aromatic heterocycles. The highest BCUT2D eigenvalue weighted by molar-refractivity contribution is 7.13. The van der Waals surface area contributed by atoms with Gasteiger partial charge in [0.1, 0.15) is 10.7 Å².